The topological polar surface area (TPSA) is 111 Å². The molecule has 0 unspecified atom stereocenters. The minimum absolute atomic E-state index is 0.358. The van der Waals surface area contributed by atoms with Crippen LogP contribution in [0.1, 0.15) is 35.6 Å². The van der Waals surface area contributed by atoms with Gasteiger partial charge in [0.2, 0.25) is 5.95 Å². The molecule has 1 fully saturated rings. The van der Waals surface area contributed by atoms with Gasteiger partial charge in [0.15, 0.2) is 0 Å². The number of hydrogen-bond acceptors (Lipinski definition) is 7. The molecule has 0 bridgehead atoms. The average molecular weight is 392 g/mol. The summed E-state index contributed by atoms with van der Waals surface area (Å²) >= 11 is 0. The van der Waals surface area contributed by atoms with E-state index >= 15 is 0 Å². The van der Waals surface area contributed by atoms with Crippen molar-refractivity contribution in [1.82, 2.24) is 15.0 Å². The highest BCUT2D eigenvalue weighted by Crippen LogP contribution is 2.39. The molecule has 0 radical (unpaired) electrons. The van der Waals surface area contributed by atoms with Crippen LogP contribution in [0.4, 0.5) is 11.6 Å². The van der Waals surface area contributed by atoms with Crippen LogP contribution in [0.2, 0.25) is 0 Å². The Morgan fingerprint density at radius 2 is 1.86 bits per heavy atom. The molecule has 4 rings (SSSR count). The van der Waals surface area contributed by atoms with Gasteiger partial charge in [-0.1, -0.05) is 6.07 Å². The van der Waals surface area contributed by atoms with E-state index in [0.29, 0.717) is 17.4 Å². The minimum Gasteiger partial charge on any atom is -0.393 e. The molecule has 0 spiro atoms. The largest absolute Gasteiger partial charge is 0.393 e. The van der Waals surface area contributed by atoms with Crippen molar-refractivity contribution < 1.29 is 15.3 Å². The fourth-order valence-electron chi connectivity index (χ4n) is 3.28. The van der Waals surface area contributed by atoms with Crippen molar-refractivity contribution in [1.29, 1.82) is 0 Å². The molecule has 1 aliphatic rings. The molecule has 1 aromatic carbocycles. The molecule has 4 N–H and O–H groups in total. The highest BCUT2D eigenvalue weighted by Gasteiger charge is 2.28. The molecule has 2 heterocycles. The predicted octanol–water partition coefficient (Wildman–Crippen LogP) is 2.64. The molecule has 1 saturated carbocycles. The van der Waals surface area contributed by atoms with Crippen molar-refractivity contribution in [3.05, 3.63) is 65.7 Å². The molecule has 0 amide bonds. The van der Waals surface area contributed by atoms with E-state index in [2.05, 4.69) is 20.3 Å². The molecule has 0 atom stereocenters. The summed E-state index contributed by atoms with van der Waals surface area (Å²) in [5.74, 6) is 1.12. The van der Waals surface area contributed by atoms with E-state index in [0.717, 1.165) is 28.1 Å². The first kappa shape index (κ1) is 19.4. The zero-order chi connectivity index (χ0) is 20.4. The van der Waals surface area contributed by atoms with Crippen LogP contribution in [0.25, 0.3) is 11.1 Å². The van der Waals surface area contributed by atoms with E-state index < -0.39 is 18.8 Å². The van der Waals surface area contributed by atoms with E-state index in [1.807, 2.05) is 31.2 Å². The Morgan fingerprint density at radius 3 is 2.59 bits per heavy atom. The van der Waals surface area contributed by atoms with Gasteiger partial charge in [0.25, 0.3) is 0 Å². The van der Waals surface area contributed by atoms with Crippen molar-refractivity contribution >= 4 is 11.6 Å². The molecule has 1 aliphatic carbocycles. The molecule has 7 heteroatoms. The van der Waals surface area contributed by atoms with Gasteiger partial charge in [-0.3, -0.25) is 4.98 Å². The van der Waals surface area contributed by atoms with E-state index in [1.54, 1.807) is 18.5 Å². The van der Waals surface area contributed by atoms with Crippen molar-refractivity contribution in [2.45, 2.75) is 31.3 Å². The second kappa shape index (κ2) is 7.87. The van der Waals surface area contributed by atoms with Gasteiger partial charge >= 0.3 is 0 Å². The monoisotopic (exact) mass is 392 g/mol. The quantitative estimate of drug-likeness (QED) is 0.489. The van der Waals surface area contributed by atoms with Crippen LogP contribution in [0.3, 0.4) is 0 Å². The Kier molecular flexibility index (Phi) is 5.27. The molecule has 0 saturated heterocycles. The highest BCUT2D eigenvalue weighted by molar-refractivity contribution is 5.71. The third-order valence-corrected chi connectivity index (χ3v) is 5.14. The van der Waals surface area contributed by atoms with E-state index in [9.17, 15) is 15.3 Å². The van der Waals surface area contributed by atoms with Crippen LogP contribution < -0.4 is 5.32 Å². The molecule has 7 nitrogen and oxygen atoms in total. The maximum absolute atomic E-state index is 10.4. The summed E-state index contributed by atoms with van der Waals surface area (Å²) < 4.78 is 0. The van der Waals surface area contributed by atoms with E-state index in [4.69, 9.17) is 0 Å². The second-order valence-corrected chi connectivity index (χ2v) is 7.60. The van der Waals surface area contributed by atoms with Gasteiger partial charge in [-0.15, -0.1) is 0 Å². The Labute approximate surface area is 169 Å². The van der Waals surface area contributed by atoms with Crippen LogP contribution in [-0.4, -0.2) is 43.5 Å². The van der Waals surface area contributed by atoms with Gasteiger partial charge in [-0.2, -0.15) is 0 Å². The highest BCUT2D eigenvalue weighted by atomic mass is 16.4. The Hall–Kier alpha value is -2.87. The fourth-order valence-corrected chi connectivity index (χ4v) is 3.28. The zero-order valence-electron chi connectivity index (χ0n) is 16.2. The Morgan fingerprint density at radius 1 is 1.07 bits per heavy atom. The van der Waals surface area contributed by atoms with Gasteiger partial charge in [0.1, 0.15) is 5.60 Å². The summed E-state index contributed by atoms with van der Waals surface area (Å²) in [5, 5.41) is 32.6. The lowest BCUT2D eigenvalue weighted by molar-refractivity contribution is -0.0600. The lowest BCUT2D eigenvalue weighted by Crippen LogP contribution is -2.34. The summed E-state index contributed by atoms with van der Waals surface area (Å²) in [7, 11) is 0. The van der Waals surface area contributed by atoms with Gasteiger partial charge < -0.3 is 20.6 Å². The molecular weight excluding hydrogens is 368 g/mol. The fraction of sp³-hybridized carbons (Fsp3) is 0.318. The summed E-state index contributed by atoms with van der Waals surface area (Å²) in [6.07, 6.45) is 7.27. The molecule has 29 heavy (non-hydrogen) atoms. The number of pyridine rings is 1. The number of hydrogen-bond donors (Lipinski definition) is 4. The van der Waals surface area contributed by atoms with Crippen LogP contribution in [0.15, 0.2) is 48.9 Å². The number of rotatable bonds is 7. The van der Waals surface area contributed by atoms with Crippen molar-refractivity contribution in [3.63, 3.8) is 0 Å². The first-order valence-corrected chi connectivity index (χ1v) is 9.62. The van der Waals surface area contributed by atoms with Gasteiger partial charge in [-0.05, 0) is 55.2 Å². The van der Waals surface area contributed by atoms with Gasteiger partial charge in [0, 0.05) is 47.0 Å². The minimum atomic E-state index is -1.73. The van der Waals surface area contributed by atoms with Crippen LogP contribution >= 0.6 is 0 Å². The summed E-state index contributed by atoms with van der Waals surface area (Å²) in [6, 6.07) is 9.65. The lowest BCUT2D eigenvalue weighted by atomic mass is 9.94. The maximum Gasteiger partial charge on any atom is 0.227 e. The number of aromatic nitrogens is 3. The maximum atomic E-state index is 10.4. The normalized spacial score (nSPS) is 14.1. The Balaban J connectivity index is 1.64. The second-order valence-electron chi connectivity index (χ2n) is 7.60. The number of nitrogens with one attached hydrogen (secondary N) is 1. The molecule has 2 aromatic heterocycles. The van der Waals surface area contributed by atoms with Crippen LogP contribution in [0, 0.1) is 6.92 Å². The number of aryl methyl sites for hydroxylation is 1. The number of benzene rings is 1. The number of nitrogens with zero attached hydrogens (tertiary/aromatic N) is 3. The molecule has 150 valence electrons. The molecular formula is C22H24N4O3. The number of aliphatic hydroxyl groups excluding tert-OH is 2. The third kappa shape index (κ3) is 4.27. The van der Waals surface area contributed by atoms with E-state index in [-0.39, 0.29) is 0 Å². The smallest absolute Gasteiger partial charge is 0.227 e. The lowest BCUT2D eigenvalue weighted by Gasteiger charge is -2.23. The zero-order valence-corrected chi connectivity index (χ0v) is 16.2. The molecule has 0 aliphatic heterocycles. The number of anilines is 2. The Bertz CT molecular complexity index is 1020. The van der Waals surface area contributed by atoms with Crippen molar-refractivity contribution in [2.75, 3.05) is 18.5 Å². The van der Waals surface area contributed by atoms with Crippen LogP contribution in [0.5, 0.6) is 0 Å². The molecule has 3 aromatic rings. The summed E-state index contributed by atoms with van der Waals surface area (Å²) in [4.78, 5) is 13.1. The summed E-state index contributed by atoms with van der Waals surface area (Å²) in [6.45, 7) is 0.805. The number of aliphatic hydroxyl groups is 3. The standard InChI is InChI=1S/C22H24N4O3/c1-14-6-16(17-8-18(11-23-10-17)22(29,12-27)13-28)9-19(7-14)25-21-24-5-4-20(26-21)15-2-3-15/h4-11,15,27-29H,2-3,12-13H2,1H3,(H,24,25,26). The van der Waals surface area contributed by atoms with Crippen molar-refractivity contribution in [3.8, 4) is 11.1 Å². The van der Waals surface area contributed by atoms with E-state index in [1.165, 1.54) is 19.0 Å². The first-order chi connectivity index (χ1) is 14.0. The predicted molar refractivity (Wildman–Crippen MR) is 110 cm³/mol. The third-order valence-electron chi connectivity index (χ3n) is 5.14. The average Bonchev–Trinajstić information content (AvgIpc) is 3.58. The van der Waals surface area contributed by atoms with Crippen LogP contribution in [-0.2, 0) is 5.60 Å². The van der Waals surface area contributed by atoms with Gasteiger partial charge in [0.05, 0.1) is 13.2 Å². The van der Waals surface area contributed by atoms with Crippen molar-refractivity contribution in [2.24, 2.45) is 0 Å². The SMILES string of the molecule is Cc1cc(Nc2nccc(C3CC3)n2)cc(-c2cncc(C(O)(CO)CO)c2)c1. The van der Waals surface area contributed by atoms with Gasteiger partial charge in [-0.25, -0.2) is 9.97 Å². The summed E-state index contributed by atoms with van der Waals surface area (Å²) in [5.41, 5.74) is 3.23. The first-order valence-electron chi connectivity index (χ1n) is 9.62.